The van der Waals surface area contributed by atoms with E-state index in [9.17, 15) is 4.39 Å². The molecule has 0 radical (unpaired) electrons. The molecule has 0 amide bonds. The average molecular weight is 231 g/mol. The zero-order chi connectivity index (χ0) is 12.4. The molecule has 2 rings (SSSR count). The molecular formula is C11H10FN5. The lowest BCUT2D eigenvalue weighted by atomic mass is 10.2. The van der Waals surface area contributed by atoms with Crippen molar-refractivity contribution in [3.63, 3.8) is 0 Å². The Morgan fingerprint density at radius 3 is 2.71 bits per heavy atom. The summed E-state index contributed by atoms with van der Waals surface area (Å²) in [5.74, 6) is -0.399. The summed E-state index contributed by atoms with van der Waals surface area (Å²) in [6, 6.07) is 5.84. The zero-order valence-corrected chi connectivity index (χ0v) is 9.42. The second kappa shape index (κ2) is 4.27. The highest BCUT2D eigenvalue weighted by molar-refractivity contribution is 5.57. The molecule has 6 heteroatoms. The molecule has 0 atom stereocenters. The molecule has 1 aromatic heterocycles. The van der Waals surface area contributed by atoms with Crippen LogP contribution >= 0.6 is 0 Å². The number of nitrogens with zero attached hydrogens (tertiary/aromatic N) is 5. The highest BCUT2D eigenvalue weighted by Crippen LogP contribution is 2.25. The van der Waals surface area contributed by atoms with Gasteiger partial charge in [0.15, 0.2) is 0 Å². The molecule has 0 saturated heterocycles. The van der Waals surface area contributed by atoms with Gasteiger partial charge in [-0.25, -0.2) is 9.07 Å². The number of halogens is 1. The second-order valence-electron chi connectivity index (χ2n) is 3.66. The van der Waals surface area contributed by atoms with Crippen LogP contribution in [0.5, 0.6) is 0 Å². The molecule has 0 fully saturated rings. The lowest BCUT2D eigenvalue weighted by Gasteiger charge is -2.07. The quantitative estimate of drug-likeness (QED) is 0.442. The van der Waals surface area contributed by atoms with E-state index >= 15 is 0 Å². The van der Waals surface area contributed by atoms with Crippen molar-refractivity contribution in [2.24, 2.45) is 5.11 Å². The van der Waals surface area contributed by atoms with Gasteiger partial charge in [-0.3, -0.25) is 0 Å². The van der Waals surface area contributed by atoms with Crippen LogP contribution in [0.3, 0.4) is 0 Å². The molecule has 0 bridgehead atoms. The molecule has 0 aliphatic carbocycles. The average Bonchev–Trinajstić information content (AvgIpc) is 2.61. The number of rotatable bonds is 2. The highest BCUT2D eigenvalue weighted by atomic mass is 19.1. The summed E-state index contributed by atoms with van der Waals surface area (Å²) in [6.45, 7) is 3.70. The second-order valence-corrected chi connectivity index (χ2v) is 3.66. The molecule has 5 nitrogen and oxygen atoms in total. The van der Waals surface area contributed by atoms with Gasteiger partial charge < -0.3 is 0 Å². The Labute approximate surface area is 97.1 Å². The van der Waals surface area contributed by atoms with E-state index in [0.29, 0.717) is 11.4 Å². The highest BCUT2D eigenvalue weighted by Gasteiger charge is 2.09. The summed E-state index contributed by atoms with van der Waals surface area (Å²) in [6.07, 6.45) is 0. The van der Waals surface area contributed by atoms with Gasteiger partial charge in [0, 0.05) is 16.7 Å². The van der Waals surface area contributed by atoms with Crippen LogP contribution in [-0.4, -0.2) is 9.78 Å². The topological polar surface area (TPSA) is 66.6 Å². The van der Waals surface area contributed by atoms with E-state index in [-0.39, 0.29) is 0 Å². The zero-order valence-electron chi connectivity index (χ0n) is 9.42. The van der Waals surface area contributed by atoms with Gasteiger partial charge in [-0.15, -0.1) is 0 Å². The van der Waals surface area contributed by atoms with Crippen LogP contribution in [0, 0.1) is 19.7 Å². The number of aryl methyl sites for hydroxylation is 2. The standard InChI is InChI=1S/C11H10FN5/c1-7-5-8(2)17(15-7)11-6-9(12)3-4-10(11)14-16-13/h3-6H,1-2H3. The Kier molecular flexibility index (Phi) is 2.80. The molecule has 0 N–H and O–H groups in total. The number of azide groups is 1. The van der Waals surface area contributed by atoms with Gasteiger partial charge in [-0.05, 0) is 37.6 Å². The van der Waals surface area contributed by atoms with E-state index in [0.717, 1.165) is 11.4 Å². The normalized spacial score (nSPS) is 10.1. The molecule has 0 aliphatic heterocycles. The van der Waals surface area contributed by atoms with E-state index < -0.39 is 5.82 Å². The van der Waals surface area contributed by atoms with Crippen molar-refractivity contribution in [1.82, 2.24) is 9.78 Å². The van der Waals surface area contributed by atoms with Crippen molar-refractivity contribution in [2.75, 3.05) is 0 Å². The summed E-state index contributed by atoms with van der Waals surface area (Å²) in [4.78, 5) is 2.72. The van der Waals surface area contributed by atoms with Crippen LogP contribution in [0.1, 0.15) is 11.4 Å². The van der Waals surface area contributed by atoms with E-state index in [1.54, 1.807) is 4.68 Å². The number of benzene rings is 1. The third-order valence-electron chi connectivity index (χ3n) is 2.33. The number of hydrogen-bond acceptors (Lipinski definition) is 2. The van der Waals surface area contributed by atoms with Gasteiger partial charge in [-0.1, -0.05) is 5.11 Å². The van der Waals surface area contributed by atoms with E-state index in [1.165, 1.54) is 18.2 Å². The van der Waals surface area contributed by atoms with Crippen LogP contribution in [0.2, 0.25) is 0 Å². The summed E-state index contributed by atoms with van der Waals surface area (Å²) in [5, 5.41) is 7.76. The summed E-state index contributed by atoms with van der Waals surface area (Å²) in [5.41, 5.74) is 10.9. The number of aromatic nitrogens is 2. The van der Waals surface area contributed by atoms with Crippen molar-refractivity contribution in [3.8, 4) is 5.69 Å². The van der Waals surface area contributed by atoms with Gasteiger partial charge in [-0.2, -0.15) is 5.10 Å². The Morgan fingerprint density at radius 1 is 1.35 bits per heavy atom. The van der Waals surface area contributed by atoms with Crippen molar-refractivity contribution in [2.45, 2.75) is 13.8 Å². The van der Waals surface area contributed by atoms with Crippen molar-refractivity contribution in [1.29, 1.82) is 0 Å². The smallest absolute Gasteiger partial charge is 0.125 e. The van der Waals surface area contributed by atoms with Gasteiger partial charge >= 0.3 is 0 Å². The molecule has 86 valence electrons. The van der Waals surface area contributed by atoms with E-state index in [1.807, 2.05) is 19.9 Å². The minimum absolute atomic E-state index is 0.347. The number of hydrogen-bond donors (Lipinski definition) is 0. The molecular weight excluding hydrogens is 221 g/mol. The fourth-order valence-electron chi connectivity index (χ4n) is 1.67. The first kappa shape index (κ1) is 11.2. The molecule has 1 aromatic carbocycles. The Balaban J connectivity index is 2.68. The molecule has 17 heavy (non-hydrogen) atoms. The predicted octanol–water partition coefficient (Wildman–Crippen LogP) is 3.57. The van der Waals surface area contributed by atoms with Crippen LogP contribution in [-0.2, 0) is 0 Å². The fourth-order valence-corrected chi connectivity index (χ4v) is 1.67. The maximum Gasteiger partial charge on any atom is 0.125 e. The predicted molar refractivity (Wildman–Crippen MR) is 61.8 cm³/mol. The van der Waals surface area contributed by atoms with Crippen molar-refractivity contribution in [3.05, 3.63) is 51.9 Å². The maximum atomic E-state index is 13.2. The minimum atomic E-state index is -0.399. The lowest BCUT2D eigenvalue weighted by molar-refractivity contribution is 0.625. The first-order valence-electron chi connectivity index (χ1n) is 5.00. The minimum Gasteiger partial charge on any atom is -0.237 e. The molecule has 0 saturated carbocycles. The fraction of sp³-hybridized carbons (Fsp3) is 0.182. The summed E-state index contributed by atoms with van der Waals surface area (Å²) in [7, 11) is 0. The van der Waals surface area contributed by atoms with Crippen LogP contribution < -0.4 is 0 Å². The maximum absolute atomic E-state index is 13.2. The summed E-state index contributed by atoms with van der Waals surface area (Å²) < 4.78 is 14.8. The monoisotopic (exact) mass is 231 g/mol. The van der Waals surface area contributed by atoms with Crippen LogP contribution in [0.15, 0.2) is 29.4 Å². The molecule has 1 heterocycles. The van der Waals surface area contributed by atoms with Crippen LogP contribution in [0.25, 0.3) is 16.1 Å². The van der Waals surface area contributed by atoms with E-state index in [4.69, 9.17) is 5.53 Å². The summed E-state index contributed by atoms with van der Waals surface area (Å²) >= 11 is 0. The first-order chi connectivity index (χ1) is 8.11. The molecule has 0 unspecified atom stereocenters. The van der Waals surface area contributed by atoms with Gasteiger partial charge in [0.25, 0.3) is 0 Å². The lowest BCUT2D eigenvalue weighted by Crippen LogP contribution is -2.00. The first-order valence-corrected chi connectivity index (χ1v) is 5.00. The third-order valence-corrected chi connectivity index (χ3v) is 2.33. The van der Waals surface area contributed by atoms with Gasteiger partial charge in [0.1, 0.15) is 5.82 Å². The Hall–Kier alpha value is -2.33. The largest absolute Gasteiger partial charge is 0.237 e. The molecule has 0 spiro atoms. The third kappa shape index (κ3) is 2.11. The van der Waals surface area contributed by atoms with Crippen molar-refractivity contribution >= 4 is 5.69 Å². The molecule has 2 aromatic rings. The van der Waals surface area contributed by atoms with Crippen LogP contribution in [0.4, 0.5) is 10.1 Å². The SMILES string of the molecule is Cc1cc(C)n(-c2cc(F)ccc2N=[N+]=[N-])n1. The molecule has 0 aliphatic rings. The van der Waals surface area contributed by atoms with E-state index in [2.05, 4.69) is 15.1 Å². The van der Waals surface area contributed by atoms with Gasteiger partial charge in [0.05, 0.1) is 17.1 Å². The van der Waals surface area contributed by atoms with Gasteiger partial charge in [0.2, 0.25) is 0 Å². The van der Waals surface area contributed by atoms with Crippen molar-refractivity contribution < 1.29 is 4.39 Å². The Morgan fingerprint density at radius 2 is 2.12 bits per heavy atom. The Bertz CT molecular complexity index is 610.